The van der Waals surface area contributed by atoms with Gasteiger partial charge in [0.25, 0.3) is 0 Å². The molecule has 3 nitrogen and oxygen atoms in total. The molecule has 4 heteroatoms. The van der Waals surface area contributed by atoms with Crippen LogP contribution in [0.2, 0.25) is 0 Å². The maximum Gasteiger partial charge on any atom is 0.321 e. The molecule has 0 aromatic carbocycles. The van der Waals surface area contributed by atoms with Gasteiger partial charge in [0.05, 0.1) is 0 Å². The maximum atomic E-state index is 10.3. The molecule has 0 amide bonds. The van der Waals surface area contributed by atoms with Crippen LogP contribution in [0.5, 0.6) is 0 Å². The largest absolute Gasteiger partial charge is 0.480 e. The minimum Gasteiger partial charge on any atom is -0.480 e. The molecule has 0 heterocycles. The lowest BCUT2D eigenvalue weighted by Crippen LogP contribution is -2.41. The monoisotopic (exact) mass is 163 g/mol. The molecule has 0 saturated carbocycles. The quantitative estimate of drug-likeness (QED) is 0.526. The molecule has 0 aliphatic carbocycles. The zero-order valence-corrected chi connectivity index (χ0v) is 7.01. The average Bonchev–Trinajstić information content (AvgIpc) is 1.84. The van der Waals surface area contributed by atoms with Crippen LogP contribution in [0.15, 0.2) is 0 Å². The van der Waals surface area contributed by atoms with Gasteiger partial charge in [0.2, 0.25) is 0 Å². The Bertz CT molecular complexity index is 127. The van der Waals surface area contributed by atoms with Crippen LogP contribution in [-0.4, -0.2) is 22.4 Å². The highest BCUT2D eigenvalue weighted by atomic mass is 32.1. The second-order valence-corrected chi connectivity index (χ2v) is 3.19. The van der Waals surface area contributed by atoms with Crippen LogP contribution in [0.4, 0.5) is 0 Å². The van der Waals surface area contributed by atoms with Crippen LogP contribution in [0.3, 0.4) is 0 Å². The summed E-state index contributed by atoms with van der Waals surface area (Å²) in [6.07, 6.45) is 0. The van der Waals surface area contributed by atoms with E-state index in [0.29, 0.717) is 0 Å². The number of carbonyl (C=O) groups is 1. The van der Waals surface area contributed by atoms with Gasteiger partial charge in [-0.15, -0.1) is 0 Å². The van der Waals surface area contributed by atoms with Gasteiger partial charge >= 0.3 is 5.97 Å². The van der Waals surface area contributed by atoms with Crippen LogP contribution in [0.1, 0.15) is 13.8 Å². The SMILES string of the molecule is CC(C)C(S)[C@H](N)C(=O)O. The second kappa shape index (κ2) is 3.83. The smallest absolute Gasteiger partial charge is 0.321 e. The van der Waals surface area contributed by atoms with Crippen molar-refractivity contribution in [2.24, 2.45) is 11.7 Å². The number of nitrogens with two attached hydrogens (primary N) is 1. The van der Waals surface area contributed by atoms with Gasteiger partial charge in [0.1, 0.15) is 6.04 Å². The molecule has 0 aromatic heterocycles. The minimum absolute atomic E-state index is 0.189. The second-order valence-electron chi connectivity index (χ2n) is 2.60. The van der Waals surface area contributed by atoms with Gasteiger partial charge < -0.3 is 10.8 Å². The van der Waals surface area contributed by atoms with Crippen LogP contribution in [0.25, 0.3) is 0 Å². The molecule has 0 aromatic rings. The number of hydrogen-bond donors (Lipinski definition) is 3. The molecule has 0 radical (unpaired) electrons. The summed E-state index contributed by atoms with van der Waals surface area (Å²) in [6, 6.07) is -0.858. The Morgan fingerprint density at radius 2 is 2.00 bits per heavy atom. The fourth-order valence-electron chi connectivity index (χ4n) is 0.561. The predicted octanol–water partition coefficient (Wildman–Crippen LogP) is 0.353. The lowest BCUT2D eigenvalue weighted by Gasteiger charge is -2.18. The maximum absolute atomic E-state index is 10.3. The number of thiol groups is 1. The van der Waals surface area contributed by atoms with E-state index in [4.69, 9.17) is 10.8 Å². The van der Waals surface area contributed by atoms with Crippen LogP contribution in [0, 0.1) is 5.92 Å². The number of carboxylic acids is 1. The zero-order valence-electron chi connectivity index (χ0n) is 6.11. The lowest BCUT2D eigenvalue weighted by molar-refractivity contribution is -0.138. The first-order valence-corrected chi connectivity index (χ1v) is 3.65. The molecular weight excluding hydrogens is 150 g/mol. The van der Waals surface area contributed by atoms with E-state index in [1.165, 1.54) is 0 Å². The molecule has 3 N–H and O–H groups in total. The Kier molecular flexibility index (Phi) is 3.75. The third kappa shape index (κ3) is 2.58. The van der Waals surface area contributed by atoms with E-state index in [1.807, 2.05) is 13.8 Å². The van der Waals surface area contributed by atoms with Crippen molar-refractivity contribution in [3.05, 3.63) is 0 Å². The molecule has 0 rings (SSSR count). The first kappa shape index (κ1) is 9.78. The van der Waals surface area contributed by atoms with Crippen molar-refractivity contribution < 1.29 is 9.90 Å². The van der Waals surface area contributed by atoms with Crippen molar-refractivity contribution >= 4 is 18.6 Å². The van der Waals surface area contributed by atoms with Crippen LogP contribution < -0.4 is 5.73 Å². The van der Waals surface area contributed by atoms with Crippen molar-refractivity contribution in [1.82, 2.24) is 0 Å². The molecular formula is C6H13NO2S. The Morgan fingerprint density at radius 3 is 2.10 bits per heavy atom. The highest BCUT2D eigenvalue weighted by Crippen LogP contribution is 2.11. The Morgan fingerprint density at radius 1 is 1.60 bits per heavy atom. The summed E-state index contributed by atoms with van der Waals surface area (Å²) in [6.45, 7) is 3.78. The first-order valence-electron chi connectivity index (χ1n) is 3.13. The summed E-state index contributed by atoms with van der Waals surface area (Å²) < 4.78 is 0. The summed E-state index contributed by atoms with van der Waals surface area (Å²) in [7, 11) is 0. The van der Waals surface area contributed by atoms with E-state index in [1.54, 1.807) is 0 Å². The van der Waals surface area contributed by atoms with Crippen molar-refractivity contribution in [3.8, 4) is 0 Å². The van der Waals surface area contributed by atoms with Gasteiger partial charge in [-0.3, -0.25) is 4.79 Å². The van der Waals surface area contributed by atoms with Crippen molar-refractivity contribution in [2.75, 3.05) is 0 Å². The lowest BCUT2D eigenvalue weighted by atomic mass is 10.0. The fourth-order valence-corrected chi connectivity index (χ4v) is 0.688. The molecule has 0 aliphatic heterocycles. The molecule has 0 saturated heterocycles. The summed E-state index contributed by atoms with van der Waals surface area (Å²) in [4.78, 5) is 10.3. The zero-order chi connectivity index (χ0) is 8.31. The van der Waals surface area contributed by atoms with Gasteiger partial charge in [-0.2, -0.15) is 12.6 Å². The summed E-state index contributed by atoms with van der Waals surface area (Å²) in [5.41, 5.74) is 5.28. The van der Waals surface area contributed by atoms with E-state index in [-0.39, 0.29) is 11.2 Å². The predicted molar refractivity (Wildman–Crippen MR) is 43.2 cm³/mol. The molecule has 0 bridgehead atoms. The molecule has 2 atom stereocenters. The topological polar surface area (TPSA) is 63.3 Å². The Hall–Kier alpha value is -0.220. The number of aliphatic carboxylic acids is 1. The third-order valence-electron chi connectivity index (χ3n) is 1.34. The standard InChI is InChI=1S/C6H13NO2S/c1-3(2)5(10)4(7)6(8)9/h3-5,10H,7H2,1-2H3,(H,8,9)/t4-,5?/m0/s1. The van der Waals surface area contributed by atoms with Gasteiger partial charge in [-0.25, -0.2) is 0 Å². The normalized spacial score (nSPS) is 16.9. The number of hydrogen-bond acceptors (Lipinski definition) is 3. The van der Waals surface area contributed by atoms with E-state index in [0.717, 1.165) is 0 Å². The minimum atomic E-state index is -0.992. The molecule has 0 aliphatic rings. The summed E-state index contributed by atoms with van der Waals surface area (Å²) >= 11 is 4.05. The van der Waals surface area contributed by atoms with Gasteiger partial charge in [0.15, 0.2) is 0 Å². The molecule has 0 spiro atoms. The molecule has 0 fully saturated rings. The highest BCUT2D eigenvalue weighted by Gasteiger charge is 2.22. The van der Waals surface area contributed by atoms with E-state index >= 15 is 0 Å². The number of carboxylic acid groups (broad SMARTS) is 1. The first-order chi connectivity index (χ1) is 4.46. The van der Waals surface area contributed by atoms with Crippen LogP contribution >= 0.6 is 12.6 Å². The highest BCUT2D eigenvalue weighted by molar-refractivity contribution is 7.81. The Labute approximate surface area is 66.0 Å². The van der Waals surface area contributed by atoms with Crippen molar-refractivity contribution in [1.29, 1.82) is 0 Å². The molecule has 1 unspecified atom stereocenters. The van der Waals surface area contributed by atoms with Crippen molar-refractivity contribution in [2.45, 2.75) is 25.1 Å². The fraction of sp³-hybridized carbons (Fsp3) is 0.833. The van der Waals surface area contributed by atoms with E-state index < -0.39 is 12.0 Å². The summed E-state index contributed by atoms with van der Waals surface area (Å²) in [5, 5.41) is 8.16. The van der Waals surface area contributed by atoms with E-state index in [2.05, 4.69) is 12.6 Å². The van der Waals surface area contributed by atoms with Gasteiger partial charge in [-0.1, -0.05) is 13.8 Å². The molecule has 10 heavy (non-hydrogen) atoms. The van der Waals surface area contributed by atoms with Crippen molar-refractivity contribution in [3.63, 3.8) is 0 Å². The summed E-state index contributed by atoms with van der Waals surface area (Å²) in [5.74, 6) is -0.803. The van der Waals surface area contributed by atoms with Crippen LogP contribution in [-0.2, 0) is 4.79 Å². The average molecular weight is 163 g/mol. The molecule has 60 valence electrons. The third-order valence-corrected chi connectivity index (χ3v) is 2.25. The van der Waals surface area contributed by atoms with Gasteiger partial charge in [-0.05, 0) is 5.92 Å². The Balaban J connectivity index is 3.94. The number of rotatable bonds is 3. The van der Waals surface area contributed by atoms with E-state index in [9.17, 15) is 4.79 Å². The van der Waals surface area contributed by atoms with Gasteiger partial charge in [0, 0.05) is 5.25 Å².